The Hall–Kier alpha value is -2.64. The number of amides is 1. The summed E-state index contributed by atoms with van der Waals surface area (Å²) in [6, 6.07) is 20.9. The van der Waals surface area contributed by atoms with E-state index in [1.165, 1.54) is 12.1 Å². The summed E-state index contributed by atoms with van der Waals surface area (Å²) in [5.41, 5.74) is 3.07. The second kappa shape index (κ2) is 9.66. The van der Waals surface area contributed by atoms with Gasteiger partial charge in [-0.2, -0.15) is 0 Å². The molecular formula is C24H25BrN2O3S. The highest BCUT2D eigenvalue weighted by atomic mass is 79.9. The summed E-state index contributed by atoms with van der Waals surface area (Å²) >= 11 is 3.39. The lowest BCUT2D eigenvalue weighted by Gasteiger charge is -2.25. The Morgan fingerprint density at radius 3 is 2.32 bits per heavy atom. The van der Waals surface area contributed by atoms with Gasteiger partial charge in [0.1, 0.15) is 6.54 Å². The molecule has 3 aromatic carbocycles. The molecule has 31 heavy (non-hydrogen) atoms. The zero-order valence-electron chi connectivity index (χ0n) is 17.7. The first-order chi connectivity index (χ1) is 14.7. The molecule has 0 bridgehead atoms. The topological polar surface area (TPSA) is 66.5 Å². The molecule has 162 valence electrons. The molecule has 0 aliphatic carbocycles. The molecule has 0 saturated heterocycles. The number of halogens is 1. The van der Waals surface area contributed by atoms with Crippen LogP contribution in [-0.2, 0) is 14.8 Å². The molecule has 5 nitrogen and oxygen atoms in total. The quantitative estimate of drug-likeness (QED) is 0.451. The number of aryl methyl sites for hydroxylation is 1. The first-order valence-electron chi connectivity index (χ1n) is 9.93. The molecule has 7 heteroatoms. The summed E-state index contributed by atoms with van der Waals surface area (Å²) in [6.45, 7) is 5.68. The standard InChI is InChI=1S/C24H25BrN2O3S/c1-17(2)22-14-7-9-18(3)24(22)26-23(28)16-27(20-11-8-10-19(25)15-20)31(29,30)21-12-5-4-6-13-21/h4-15,17H,16H2,1-3H3,(H,26,28). The molecule has 0 atom stereocenters. The van der Waals surface area contributed by atoms with Gasteiger partial charge in [-0.05, 0) is 54.3 Å². The maximum atomic E-state index is 13.4. The first kappa shape index (κ1) is 23.0. The summed E-state index contributed by atoms with van der Waals surface area (Å²) < 4.78 is 28.7. The molecular weight excluding hydrogens is 476 g/mol. The van der Waals surface area contributed by atoms with Crippen LogP contribution in [0.2, 0.25) is 0 Å². The molecule has 0 aromatic heterocycles. The van der Waals surface area contributed by atoms with Crippen LogP contribution in [0.1, 0.15) is 30.9 Å². The van der Waals surface area contributed by atoms with Gasteiger partial charge in [0.15, 0.2) is 0 Å². The molecule has 3 rings (SSSR count). The van der Waals surface area contributed by atoms with Crippen molar-refractivity contribution in [2.24, 2.45) is 0 Å². The SMILES string of the molecule is Cc1cccc(C(C)C)c1NC(=O)CN(c1cccc(Br)c1)S(=O)(=O)c1ccccc1. The predicted molar refractivity (Wildman–Crippen MR) is 129 cm³/mol. The van der Waals surface area contributed by atoms with Crippen molar-refractivity contribution >= 4 is 43.2 Å². The summed E-state index contributed by atoms with van der Waals surface area (Å²) in [7, 11) is -3.94. The Morgan fingerprint density at radius 1 is 1.00 bits per heavy atom. The number of hydrogen-bond acceptors (Lipinski definition) is 3. The van der Waals surface area contributed by atoms with Gasteiger partial charge in [-0.3, -0.25) is 9.10 Å². The van der Waals surface area contributed by atoms with Crippen LogP contribution in [-0.4, -0.2) is 20.9 Å². The van der Waals surface area contributed by atoms with Crippen molar-refractivity contribution in [3.05, 3.63) is 88.4 Å². The smallest absolute Gasteiger partial charge is 0.264 e. The first-order valence-corrected chi connectivity index (χ1v) is 12.2. The number of carbonyl (C=O) groups is 1. The van der Waals surface area contributed by atoms with Gasteiger partial charge in [0.2, 0.25) is 5.91 Å². The molecule has 0 saturated carbocycles. The Morgan fingerprint density at radius 2 is 1.68 bits per heavy atom. The highest BCUT2D eigenvalue weighted by molar-refractivity contribution is 9.10. The summed E-state index contributed by atoms with van der Waals surface area (Å²) in [6.07, 6.45) is 0. The van der Waals surface area contributed by atoms with E-state index >= 15 is 0 Å². The van der Waals surface area contributed by atoms with Gasteiger partial charge >= 0.3 is 0 Å². The fraction of sp³-hybridized carbons (Fsp3) is 0.208. The molecule has 0 radical (unpaired) electrons. The van der Waals surface area contributed by atoms with E-state index in [1.54, 1.807) is 42.5 Å². The number of carbonyl (C=O) groups excluding carboxylic acids is 1. The molecule has 3 aromatic rings. The molecule has 0 unspecified atom stereocenters. The number of nitrogens with zero attached hydrogens (tertiary/aromatic N) is 1. The van der Waals surface area contributed by atoms with Crippen LogP contribution in [0.5, 0.6) is 0 Å². The van der Waals surface area contributed by atoms with Crippen LogP contribution < -0.4 is 9.62 Å². The Balaban J connectivity index is 1.98. The molecule has 0 heterocycles. The summed E-state index contributed by atoms with van der Waals surface area (Å²) in [4.78, 5) is 13.2. The number of sulfonamides is 1. The van der Waals surface area contributed by atoms with E-state index in [-0.39, 0.29) is 17.4 Å². The predicted octanol–water partition coefficient (Wildman–Crippen LogP) is 5.71. The van der Waals surface area contributed by atoms with Crippen LogP contribution >= 0.6 is 15.9 Å². The lowest BCUT2D eigenvalue weighted by molar-refractivity contribution is -0.114. The number of anilines is 2. The van der Waals surface area contributed by atoms with Gasteiger partial charge < -0.3 is 5.32 Å². The van der Waals surface area contributed by atoms with Gasteiger partial charge in [0, 0.05) is 10.2 Å². The van der Waals surface area contributed by atoms with E-state index in [0.717, 1.165) is 25.6 Å². The van der Waals surface area contributed by atoms with Crippen molar-refractivity contribution in [3.63, 3.8) is 0 Å². The van der Waals surface area contributed by atoms with Gasteiger partial charge in [0.05, 0.1) is 10.6 Å². The normalized spacial score (nSPS) is 11.4. The third-order valence-corrected chi connectivity index (χ3v) is 7.19. The number of rotatable bonds is 7. The van der Waals surface area contributed by atoms with E-state index in [4.69, 9.17) is 0 Å². The average molecular weight is 501 g/mol. The highest BCUT2D eigenvalue weighted by Crippen LogP contribution is 2.29. The number of para-hydroxylation sites is 1. The van der Waals surface area contributed by atoms with Crippen molar-refractivity contribution in [1.29, 1.82) is 0 Å². The van der Waals surface area contributed by atoms with Crippen molar-refractivity contribution in [2.75, 3.05) is 16.2 Å². The summed E-state index contributed by atoms with van der Waals surface area (Å²) in [5.74, 6) is -0.194. The monoisotopic (exact) mass is 500 g/mol. The van der Waals surface area contributed by atoms with E-state index in [2.05, 4.69) is 35.1 Å². The van der Waals surface area contributed by atoms with Gasteiger partial charge in [0.25, 0.3) is 10.0 Å². The third-order valence-electron chi connectivity index (χ3n) is 4.91. The van der Waals surface area contributed by atoms with Crippen molar-refractivity contribution < 1.29 is 13.2 Å². The average Bonchev–Trinajstić information content (AvgIpc) is 2.73. The van der Waals surface area contributed by atoms with Crippen molar-refractivity contribution in [1.82, 2.24) is 0 Å². The van der Waals surface area contributed by atoms with Crippen LogP contribution in [0, 0.1) is 6.92 Å². The molecule has 0 spiro atoms. The maximum Gasteiger partial charge on any atom is 0.264 e. The van der Waals surface area contributed by atoms with Gasteiger partial charge in [-0.25, -0.2) is 8.42 Å². The van der Waals surface area contributed by atoms with Gasteiger partial charge in [-0.1, -0.05) is 72.2 Å². The second-order valence-corrected chi connectivity index (χ2v) is 10.3. The number of benzene rings is 3. The minimum Gasteiger partial charge on any atom is -0.324 e. The van der Waals surface area contributed by atoms with E-state index in [9.17, 15) is 13.2 Å². The van der Waals surface area contributed by atoms with Crippen molar-refractivity contribution in [3.8, 4) is 0 Å². The number of hydrogen-bond donors (Lipinski definition) is 1. The number of nitrogens with one attached hydrogen (secondary N) is 1. The Labute approximate surface area is 192 Å². The second-order valence-electron chi connectivity index (χ2n) is 7.55. The molecule has 1 N–H and O–H groups in total. The lowest BCUT2D eigenvalue weighted by Crippen LogP contribution is -2.38. The zero-order valence-corrected chi connectivity index (χ0v) is 20.1. The lowest BCUT2D eigenvalue weighted by atomic mass is 9.98. The van der Waals surface area contributed by atoms with Crippen LogP contribution in [0.15, 0.2) is 82.2 Å². The molecule has 0 aliphatic rings. The van der Waals surface area contributed by atoms with E-state index in [0.29, 0.717) is 5.69 Å². The van der Waals surface area contributed by atoms with Gasteiger partial charge in [-0.15, -0.1) is 0 Å². The molecule has 0 fully saturated rings. The van der Waals surface area contributed by atoms with Crippen LogP contribution in [0.25, 0.3) is 0 Å². The van der Waals surface area contributed by atoms with Crippen molar-refractivity contribution in [2.45, 2.75) is 31.6 Å². The minimum atomic E-state index is -3.94. The fourth-order valence-corrected chi connectivity index (χ4v) is 5.14. The molecule has 1 amide bonds. The maximum absolute atomic E-state index is 13.4. The van der Waals surface area contributed by atoms with Crippen LogP contribution in [0.4, 0.5) is 11.4 Å². The Bertz CT molecular complexity index is 1180. The largest absolute Gasteiger partial charge is 0.324 e. The zero-order chi connectivity index (χ0) is 22.6. The molecule has 0 aliphatic heterocycles. The minimum absolute atomic E-state index is 0.126. The highest BCUT2D eigenvalue weighted by Gasteiger charge is 2.27. The van der Waals surface area contributed by atoms with Crippen LogP contribution in [0.3, 0.4) is 0 Å². The summed E-state index contributed by atoms with van der Waals surface area (Å²) in [5, 5.41) is 2.94. The van der Waals surface area contributed by atoms with E-state index in [1.807, 2.05) is 25.1 Å². The third kappa shape index (κ3) is 5.35. The van der Waals surface area contributed by atoms with E-state index < -0.39 is 15.9 Å². The fourth-order valence-electron chi connectivity index (χ4n) is 3.32. The Kier molecular flexibility index (Phi) is 7.18.